The minimum absolute atomic E-state index is 0.113. The summed E-state index contributed by atoms with van der Waals surface area (Å²) < 4.78 is 1.03. The van der Waals surface area contributed by atoms with E-state index in [1.54, 1.807) is 4.90 Å². The van der Waals surface area contributed by atoms with Crippen LogP contribution < -0.4 is 4.90 Å². The van der Waals surface area contributed by atoms with Gasteiger partial charge in [0.2, 0.25) is 0 Å². The van der Waals surface area contributed by atoms with E-state index in [0.29, 0.717) is 0 Å². The van der Waals surface area contributed by atoms with E-state index >= 15 is 0 Å². The average Bonchev–Trinajstić information content (AvgIpc) is 2.73. The van der Waals surface area contributed by atoms with Crippen LogP contribution in [0.4, 0.5) is 0 Å². The van der Waals surface area contributed by atoms with E-state index in [0.717, 1.165) is 64.9 Å². The molecular weight excluding hydrogens is 402 g/mol. The molecule has 0 saturated carbocycles. The van der Waals surface area contributed by atoms with Crippen LogP contribution in [-0.2, 0) is 0 Å². The van der Waals surface area contributed by atoms with Gasteiger partial charge in [-0.15, -0.1) is 0 Å². The number of pyridine rings is 1. The highest BCUT2D eigenvalue weighted by molar-refractivity contribution is 9.10. The predicted molar refractivity (Wildman–Crippen MR) is 112 cm³/mol. The number of nitrogens with zero attached hydrogens (tertiary/aromatic N) is 2. The van der Waals surface area contributed by atoms with E-state index in [1.807, 2.05) is 59.5 Å². The van der Waals surface area contributed by atoms with E-state index in [4.69, 9.17) is 4.98 Å². The van der Waals surface area contributed by atoms with Gasteiger partial charge in [-0.3, -0.25) is 4.79 Å². The topological polar surface area (TPSA) is 37.6 Å². The second-order valence-corrected chi connectivity index (χ2v) is 7.89. The van der Waals surface area contributed by atoms with Crippen molar-refractivity contribution in [2.75, 3.05) is 32.7 Å². The van der Waals surface area contributed by atoms with Crippen molar-refractivity contribution in [3.63, 3.8) is 0 Å². The molecule has 3 aromatic rings. The SMILES string of the molecule is CC[NH+]1CCN(C(=O)c2cc(-c3ccc(Br)cc3)nc3ccccc23)CC1. The fourth-order valence-electron chi connectivity index (χ4n) is 3.67. The van der Waals surface area contributed by atoms with Gasteiger partial charge < -0.3 is 9.80 Å². The molecule has 2 aromatic carbocycles. The number of fused-ring (bicyclic) bond motifs is 1. The molecule has 2 heterocycles. The van der Waals surface area contributed by atoms with Crippen molar-refractivity contribution in [2.24, 2.45) is 0 Å². The minimum atomic E-state index is 0.113. The molecule has 27 heavy (non-hydrogen) atoms. The summed E-state index contributed by atoms with van der Waals surface area (Å²) in [7, 11) is 0. The lowest BCUT2D eigenvalue weighted by atomic mass is 10.0. The van der Waals surface area contributed by atoms with Crippen LogP contribution in [0.15, 0.2) is 59.1 Å². The second kappa shape index (κ2) is 7.79. The standard InChI is InChI=1S/C22H22BrN3O/c1-2-25-11-13-26(14-12-25)22(27)19-15-21(16-7-9-17(23)10-8-16)24-20-6-4-3-5-18(19)20/h3-10,15H,2,11-14H2,1H3/p+1. The number of likely N-dealkylation sites (N-methyl/N-ethyl adjacent to an activating group) is 1. The Labute approximate surface area is 167 Å². The Kier molecular flexibility index (Phi) is 5.23. The summed E-state index contributed by atoms with van der Waals surface area (Å²) in [6.07, 6.45) is 0. The second-order valence-electron chi connectivity index (χ2n) is 6.97. The normalized spacial score (nSPS) is 15.3. The third-order valence-electron chi connectivity index (χ3n) is 5.34. The number of quaternary nitrogens is 1. The number of hydrogen-bond donors (Lipinski definition) is 1. The van der Waals surface area contributed by atoms with Gasteiger partial charge >= 0.3 is 0 Å². The molecule has 0 aliphatic carbocycles. The van der Waals surface area contributed by atoms with Gasteiger partial charge in [0.25, 0.3) is 5.91 Å². The van der Waals surface area contributed by atoms with Crippen LogP contribution in [0.1, 0.15) is 17.3 Å². The quantitative estimate of drug-likeness (QED) is 0.701. The van der Waals surface area contributed by atoms with E-state index in [-0.39, 0.29) is 5.91 Å². The van der Waals surface area contributed by atoms with Crippen LogP contribution in [0.25, 0.3) is 22.2 Å². The fraction of sp³-hybridized carbons (Fsp3) is 0.273. The zero-order chi connectivity index (χ0) is 18.8. The molecule has 0 spiro atoms. The smallest absolute Gasteiger partial charge is 0.255 e. The molecule has 4 nitrogen and oxygen atoms in total. The monoisotopic (exact) mass is 424 g/mol. The Bertz CT molecular complexity index is 963. The van der Waals surface area contributed by atoms with Gasteiger partial charge in [0, 0.05) is 15.4 Å². The molecule has 1 fully saturated rings. The first-order valence-electron chi connectivity index (χ1n) is 9.44. The third kappa shape index (κ3) is 3.75. The van der Waals surface area contributed by atoms with Crippen molar-refractivity contribution in [3.8, 4) is 11.3 Å². The summed E-state index contributed by atoms with van der Waals surface area (Å²) in [6.45, 7) is 6.98. The van der Waals surface area contributed by atoms with Gasteiger partial charge in [-0.25, -0.2) is 4.98 Å². The number of hydrogen-bond acceptors (Lipinski definition) is 2. The molecule has 5 heteroatoms. The molecule has 1 N–H and O–H groups in total. The summed E-state index contributed by atoms with van der Waals surface area (Å²) >= 11 is 3.48. The maximum atomic E-state index is 13.3. The van der Waals surface area contributed by atoms with Crippen LogP contribution >= 0.6 is 15.9 Å². The van der Waals surface area contributed by atoms with Crippen molar-refractivity contribution in [1.29, 1.82) is 0 Å². The first-order chi connectivity index (χ1) is 13.2. The Morgan fingerprint density at radius 1 is 1.11 bits per heavy atom. The number of aromatic nitrogens is 1. The van der Waals surface area contributed by atoms with Crippen molar-refractivity contribution < 1.29 is 9.69 Å². The van der Waals surface area contributed by atoms with Crippen LogP contribution in [0.2, 0.25) is 0 Å². The van der Waals surface area contributed by atoms with Gasteiger partial charge in [-0.2, -0.15) is 0 Å². The number of benzene rings is 2. The van der Waals surface area contributed by atoms with Crippen LogP contribution in [0.5, 0.6) is 0 Å². The number of rotatable bonds is 3. The molecular formula is C22H23BrN3O+. The lowest BCUT2D eigenvalue weighted by Crippen LogP contribution is -3.14. The lowest BCUT2D eigenvalue weighted by Gasteiger charge is -2.32. The van der Waals surface area contributed by atoms with Crippen LogP contribution in [0, 0.1) is 0 Å². The summed E-state index contributed by atoms with van der Waals surface area (Å²) in [6, 6.07) is 17.9. The number of para-hydroxylation sites is 1. The Morgan fingerprint density at radius 3 is 2.52 bits per heavy atom. The molecule has 0 radical (unpaired) electrons. The lowest BCUT2D eigenvalue weighted by molar-refractivity contribution is -0.902. The molecule has 1 aliphatic rings. The maximum absolute atomic E-state index is 13.3. The molecule has 1 aliphatic heterocycles. The highest BCUT2D eigenvalue weighted by Gasteiger charge is 2.25. The van der Waals surface area contributed by atoms with E-state index in [2.05, 4.69) is 22.9 Å². The van der Waals surface area contributed by atoms with E-state index in [9.17, 15) is 4.79 Å². The summed E-state index contributed by atoms with van der Waals surface area (Å²) in [5, 5.41) is 0.925. The van der Waals surface area contributed by atoms with Gasteiger partial charge in [-0.1, -0.05) is 46.3 Å². The maximum Gasteiger partial charge on any atom is 0.255 e. The zero-order valence-electron chi connectivity index (χ0n) is 15.4. The number of nitrogens with one attached hydrogen (secondary N) is 1. The molecule has 0 atom stereocenters. The number of carbonyl (C=O) groups excluding carboxylic acids is 1. The molecule has 0 unspecified atom stereocenters. The van der Waals surface area contributed by atoms with E-state index in [1.165, 1.54) is 0 Å². The van der Waals surface area contributed by atoms with Crippen LogP contribution in [0.3, 0.4) is 0 Å². The molecule has 138 valence electrons. The largest absolute Gasteiger partial charge is 0.332 e. The highest BCUT2D eigenvalue weighted by atomic mass is 79.9. The molecule has 4 rings (SSSR count). The van der Waals surface area contributed by atoms with Gasteiger partial charge in [0.15, 0.2) is 0 Å². The van der Waals surface area contributed by atoms with Crippen molar-refractivity contribution in [1.82, 2.24) is 9.88 Å². The number of piperazine rings is 1. The van der Waals surface area contributed by atoms with Gasteiger partial charge in [0.05, 0.1) is 49.5 Å². The first-order valence-corrected chi connectivity index (χ1v) is 10.2. The van der Waals surface area contributed by atoms with Crippen molar-refractivity contribution >= 4 is 32.7 Å². The molecule has 0 bridgehead atoms. The van der Waals surface area contributed by atoms with Crippen LogP contribution in [-0.4, -0.2) is 48.5 Å². The summed E-state index contributed by atoms with van der Waals surface area (Å²) in [5.41, 5.74) is 3.46. The highest BCUT2D eigenvalue weighted by Crippen LogP contribution is 2.27. The molecule has 1 aromatic heterocycles. The predicted octanol–water partition coefficient (Wildman–Crippen LogP) is 3.02. The van der Waals surface area contributed by atoms with Crippen molar-refractivity contribution in [2.45, 2.75) is 6.92 Å². The third-order valence-corrected chi connectivity index (χ3v) is 5.87. The van der Waals surface area contributed by atoms with E-state index < -0.39 is 0 Å². The first kappa shape index (κ1) is 18.1. The minimum Gasteiger partial charge on any atom is -0.332 e. The Balaban J connectivity index is 1.74. The fourth-order valence-corrected chi connectivity index (χ4v) is 3.94. The number of carbonyl (C=O) groups is 1. The zero-order valence-corrected chi connectivity index (χ0v) is 17.0. The summed E-state index contributed by atoms with van der Waals surface area (Å²) in [4.78, 5) is 21.7. The molecule has 1 amide bonds. The number of amides is 1. The van der Waals surface area contributed by atoms with Gasteiger partial charge in [-0.05, 0) is 31.2 Å². The number of halogens is 1. The molecule has 1 saturated heterocycles. The van der Waals surface area contributed by atoms with Gasteiger partial charge in [0.1, 0.15) is 0 Å². The Morgan fingerprint density at radius 2 is 1.81 bits per heavy atom. The van der Waals surface area contributed by atoms with Crippen molar-refractivity contribution in [3.05, 3.63) is 64.6 Å². The average molecular weight is 425 g/mol. The Hall–Kier alpha value is -2.24. The summed E-state index contributed by atoms with van der Waals surface area (Å²) in [5.74, 6) is 0.113.